The van der Waals surface area contributed by atoms with E-state index in [0.29, 0.717) is 17.4 Å². The van der Waals surface area contributed by atoms with Gasteiger partial charge in [0.1, 0.15) is 11.5 Å². The number of ether oxygens (including phenoxy) is 2. The third kappa shape index (κ3) is 6.85. The molecular formula is C19H21ClN2O3. The fraction of sp³-hybridized carbons (Fsp3) is 0.263. The van der Waals surface area contributed by atoms with E-state index in [-0.39, 0.29) is 12.5 Å². The molecule has 132 valence electrons. The van der Waals surface area contributed by atoms with Crippen LogP contribution in [0.4, 0.5) is 0 Å². The molecule has 2 aromatic carbocycles. The minimum Gasteiger partial charge on any atom is -0.493 e. The minimum absolute atomic E-state index is 0.131. The van der Waals surface area contributed by atoms with Crippen molar-refractivity contribution in [3.8, 4) is 11.5 Å². The maximum Gasteiger partial charge on any atom is 0.277 e. The summed E-state index contributed by atoms with van der Waals surface area (Å²) in [4.78, 5) is 11.8. The van der Waals surface area contributed by atoms with Gasteiger partial charge in [0.25, 0.3) is 5.91 Å². The van der Waals surface area contributed by atoms with Crippen LogP contribution in [0.5, 0.6) is 11.5 Å². The number of hydrazone groups is 1. The fourth-order valence-electron chi connectivity index (χ4n) is 1.93. The second-order valence-electron chi connectivity index (χ2n) is 5.28. The van der Waals surface area contributed by atoms with Gasteiger partial charge in [0.05, 0.1) is 12.8 Å². The molecule has 0 aromatic heterocycles. The molecule has 0 fully saturated rings. The number of carbonyl (C=O) groups is 1. The van der Waals surface area contributed by atoms with E-state index in [9.17, 15) is 4.79 Å². The number of unbranched alkanes of at least 4 members (excludes halogenated alkanes) is 1. The molecule has 0 aliphatic carbocycles. The van der Waals surface area contributed by atoms with Crippen molar-refractivity contribution >= 4 is 23.7 Å². The highest BCUT2D eigenvalue weighted by Crippen LogP contribution is 2.16. The second-order valence-corrected chi connectivity index (χ2v) is 5.71. The largest absolute Gasteiger partial charge is 0.493 e. The van der Waals surface area contributed by atoms with Crippen molar-refractivity contribution in [1.82, 2.24) is 5.43 Å². The number of nitrogens with one attached hydrogen (secondary N) is 1. The summed E-state index contributed by atoms with van der Waals surface area (Å²) in [5, 5.41) is 4.56. The smallest absolute Gasteiger partial charge is 0.277 e. The van der Waals surface area contributed by atoms with E-state index >= 15 is 0 Å². The van der Waals surface area contributed by atoms with Crippen molar-refractivity contribution in [3.63, 3.8) is 0 Å². The van der Waals surface area contributed by atoms with Crippen molar-refractivity contribution < 1.29 is 14.3 Å². The van der Waals surface area contributed by atoms with Crippen LogP contribution < -0.4 is 14.9 Å². The van der Waals surface area contributed by atoms with Crippen LogP contribution in [0.1, 0.15) is 25.3 Å². The second kappa shape index (κ2) is 10.4. The van der Waals surface area contributed by atoms with Gasteiger partial charge >= 0.3 is 0 Å². The summed E-state index contributed by atoms with van der Waals surface area (Å²) in [6.45, 7) is 2.63. The van der Waals surface area contributed by atoms with Crippen LogP contribution in [-0.4, -0.2) is 25.3 Å². The Hall–Kier alpha value is -2.53. The minimum atomic E-state index is -0.351. The lowest BCUT2D eigenvalue weighted by atomic mass is 10.2. The molecule has 6 heteroatoms. The Bertz CT molecular complexity index is 702. The third-order valence-corrected chi connectivity index (χ3v) is 3.50. The molecule has 0 spiro atoms. The first kappa shape index (κ1) is 18.8. The van der Waals surface area contributed by atoms with Crippen LogP contribution in [0.3, 0.4) is 0 Å². The molecule has 1 N–H and O–H groups in total. The highest BCUT2D eigenvalue weighted by Gasteiger charge is 2.03. The molecule has 5 nitrogen and oxygen atoms in total. The van der Waals surface area contributed by atoms with E-state index in [1.54, 1.807) is 30.5 Å². The van der Waals surface area contributed by atoms with E-state index in [1.165, 1.54) is 0 Å². The molecule has 0 bridgehead atoms. The van der Waals surface area contributed by atoms with E-state index in [2.05, 4.69) is 17.5 Å². The maximum absolute atomic E-state index is 11.8. The number of hydrogen-bond donors (Lipinski definition) is 1. The van der Waals surface area contributed by atoms with Crippen LogP contribution in [0.2, 0.25) is 5.02 Å². The molecule has 2 aromatic rings. The Morgan fingerprint density at radius 3 is 2.68 bits per heavy atom. The summed E-state index contributed by atoms with van der Waals surface area (Å²) >= 11 is 5.79. The van der Waals surface area contributed by atoms with Gasteiger partial charge < -0.3 is 9.47 Å². The van der Waals surface area contributed by atoms with Gasteiger partial charge in [0.2, 0.25) is 0 Å². The zero-order valence-electron chi connectivity index (χ0n) is 14.1. The Morgan fingerprint density at radius 2 is 1.92 bits per heavy atom. The van der Waals surface area contributed by atoms with Crippen LogP contribution in [-0.2, 0) is 4.79 Å². The summed E-state index contributed by atoms with van der Waals surface area (Å²) in [6.07, 6.45) is 3.62. The highest BCUT2D eigenvalue weighted by atomic mass is 35.5. The molecule has 0 saturated heterocycles. The van der Waals surface area contributed by atoms with Gasteiger partial charge in [-0.25, -0.2) is 5.43 Å². The first-order valence-electron chi connectivity index (χ1n) is 8.11. The standard InChI is InChI=1S/C19H21ClN2O3/c1-2-3-12-24-18-7-5-4-6-15(18)13-21-22-19(23)14-25-17-10-8-16(20)9-11-17/h4-11,13H,2-3,12,14H2,1H3,(H,22,23)/b21-13-. The quantitative estimate of drug-likeness (QED) is 0.417. The van der Waals surface area contributed by atoms with Crippen molar-refractivity contribution in [2.75, 3.05) is 13.2 Å². The van der Waals surface area contributed by atoms with Gasteiger partial charge in [-0.15, -0.1) is 0 Å². The maximum atomic E-state index is 11.8. The van der Waals surface area contributed by atoms with Crippen molar-refractivity contribution in [3.05, 3.63) is 59.1 Å². The van der Waals surface area contributed by atoms with E-state index < -0.39 is 0 Å². The van der Waals surface area contributed by atoms with Gasteiger partial charge in [-0.1, -0.05) is 37.1 Å². The lowest BCUT2D eigenvalue weighted by Gasteiger charge is -2.08. The molecule has 0 unspecified atom stereocenters. The number of hydrogen-bond acceptors (Lipinski definition) is 4. The van der Waals surface area contributed by atoms with Gasteiger partial charge in [0.15, 0.2) is 6.61 Å². The SMILES string of the molecule is CCCCOc1ccccc1/C=N\NC(=O)COc1ccc(Cl)cc1. The number of para-hydroxylation sites is 1. The monoisotopic (exact) mass is 360 g/mol. The number of amides is 1. The number of halogens is 1. The zero-order chi connectivity index (χ0) is 17.9. The first-order chi connectivity index (χ1) is 12.2. The van der Waals surface area contributed by atoms with E-state index in [4.69, 9.17) is 21.1 Å². The molecule has 0 heterocycles. The molecule has 25 heavy (non-hydrogen) atoms. The molecule has 2 rings (SSSR count). The Kier molecular flexibility index (Phi) is 7.79. The number of nitrogens with zero attached hydrogens (tertiary/aromatic N) is 1. The van der Waals surface area contributed by atoms with Gasteiger partial charge in [0, 0.05) is 10.6 Å². The topological polar surface area (TPSA) is 59.9 Å². The lowest BCUT2D eigenvalue weighted by molar-refractivity contribution is -0.123. The number of rotatable bonds is 9. The molecule has 0 radical (unpaired) electrons. The normalized spacial score (nSPS) is 10.6. The first-order valence-corrected chi connectivity index (χ1v) is 8.49. The van der Waals surface area contributed by atoms with E-state index in [1.807, 2.05) is 24.3 Å². The molecule has 0 saturated carbocycles. The third-order valence-electron chi connectivity index (χ3n) is 3.25. The fourth-order valence-corrected chi connectivity index (χ4v) is 2.06. The summed E-state index contributed by atoms with van der Waals surface area (Å²) in [6, 6.07) is 14.3. The summed E-state index contributed by atoms with van der Waals surface area (Å²) in [7, 11) is 0. The summed E-state index contributed by atoms with van der Waals surface area (Å²) in [5.41, 5.74) is 3.23. The Labute approximate surface area is 152 Å². The van der Waals surface area contributed by atoms with Gasteiger partial charge in [-0.2, -0.15) is 5.10 Å². The van der Waals surface area contributed by atoms with Gasteiger partial charge in [-0.05, 0) is 42.8 Å². The van der Waals surface area contributed by atoms with Crippen LogP contribution in [0.15, 0.2) is 53.6 Å². The van der Waals surface area contributed by atoms with E-state index in [0.717, 1.165) is 24.2 Å². The highest BCUT2D eigenvalue weighted by molar-refractivity contribution is 6.30. The molecule has 1 amide bonds. The predicted molar refractivity (Wildman–Crippen MR) is 99.5 cm³/mol. The lowest BCUT2D eigenvalue weighted by Crippen LogP contribution is -2.24. The van der Waals surface area contributed by atoms with Crippen LogP contribution in [0, 0.1) is 0 Å². The average Bonchev–Trinajstić information content (AvgIpc) is 2.63. The predicted octanol–water partition coefficient (Wildman–Crippen LogP) is 4.05. The van der Waals surface area contributed by atoms with Gasteiger partial charge in [-0.3, -0.25) is 4.79 Å². The Morgan fingerprint density at radius 1 is 1.16 bits per heavy atom. The van der Waals surface area contributed by atoms with Crippen molar-refractivity contribution in [2.24, 2.45) is 5.10 Å². The summed E-state index contributed by atoms with van der Waals surface area (Å²) < 4.78 is 11.1. The summed E-state index contributed by atoms with van der Waals surface area (Å²) in [5.74, 6) is 0.958. The molecule has 0 atom stereocenters. The van der Waals surface area contributed by atoms with Crippen molar-refractivity contribution in [1.29, 1.82) is 0 Å². The van der Waals surface area contributed by atoms with Crippen LogP contribution in [0.25, 0.3) is 0 Å². The molecule has 0 aliphatic rings. The molecular weight excluding hydrogens is 340 g/mol. The molecule has 0 aliphatic heterocycles. The Balaban J connectivity index is 1.81. The van der Waals surface area contributed by atoms with Crippen molar-refractivity contribution in [2.45, 2.75) is 19.8 Å². The average molecular weight is 361 g/mol. The number of carbonyl (C=O) groups excluding carboxylic acids is 1. The number of benzene rings is 2. The zero-order valence-corrected chi connectivity index (χ0v) is 14.8. The van der Waals surface area contributed by atoms with Crippen LogP contribution >= 0.6 is 11.6 Å².